The Hall–Kier alpha value is -1.87. The van der Waals surface area contributed by atoms with Gasteiger partial charge >= 0.3 is 0 Å². The Morgan fingerprint density at radius 2 is 2.05 bits per heavy atom. The minimum Gasteiger partial charge on any atom is -0.399 e. The summed E-state index contributed by atoms with van der Waals surface area (Å²) in [5, 5.41) is 3.48. The molecule has 0 amide bonds. The van der Waals surface area contributed by atoms with Gasteiger partial charge < -0.3 is 11.1 Å². The molecule has 3 heteroatoms. The summed E-state index contributed by atoms with van der Waals surface area (Å²) >= 11 is 0. The van der Waals surface area contributed by atoms with Gasteiger partial charge in [-0.2, -0.15) is 0 Å². The molecule has 0 bridgehead atoms. The van der Waals surface area contributed by atoms with Crippen molar-refractivity contribution in [2.45, 2.75) is 25.8 Å². The molecule has 0 spiro atoms. The maximum atomic E-state index is 5.77. The number of nitrogens with zero attached hydrogens (tertiary/aromatic N) is 1. The van der Waals surface area contributed by atoms with Crippen LogP contribution in [0.15, 0.2) is 48.8 Å². The molecule has 2 aromatic rings. The molecule has 0 saturated heterocycles. The average Bonchev–Trinajstić information content (AvgIpc) is 2.40. The minimum atomic E-state index is 0.0641. The molecule has 3 nitrogen and oxygen atoms in total. The van der Waals surface area contributed by atoms with E-state index >= 15 is 0 Å². The van der Waals surface area contributed by atoms with Crippen LogP contribution < -0.4 is 11.1 Å². The maximum Gasteiger partial charge on any atom is 0.0317 e. The first kappa shape index (κ1) is 13.6. The van der Waals surface area contributed by atoms with Crippen LogP contribution in [0.1, 0.15) is 25.0 Å². The number of nitrogen functional groups attached to an aromatic ring is 1. The second-order valence-electron chi connectivity index (χ2n) is 5.47. The van der Waals surface area contributed by atoms with Gasteiger partial charge in [0.2, 0.25) is 0 Å². The molecule has 0 fully saturated rings. The summed E-state index contributed by atoms with van der Waals surface area (Å²) < 4.78 is 0. The second-order valence-corrected chi connectivity index (χ2v) is 5.47. The van der Waals surface area contributed by atoms with Crippen molar-refractivity contribution >= 4 is 5.69 Å². The predicted octanol–water partition coefficient (Wildman–Crippen LogP) is 2.73. The zero-order valence-corrected chi connectivity index (χ0v) is 11.6. The van der Waals surface area contributed by atoms with Gasteiger partial charge in [0.05, 0.1) is 0 Å². The first-order valence-corrected chi connectivity index (χ1v) is 6.53. The number of hydrogen-bond acceptors (Lipinski definition) is 3. The third-order valence-corrected chi connectivity index (χ3v) is 3.29. The van der Waals surface area contributed by atoms with Crippen molar-refractivity contribution in [3.05, 3.63) is 59.9 Å². The fourth-order valence-electron chi connectivity index (χ4n) is 2.09. The van der Waals surface area contributed by atoms with Crippen LogP contribution in [0.4, 0.5) is 5.69 Å². The summed E-state index contributed by atoms with van der Waals surface area (Å²) in [6.45, 7) is 6.16. The summed E-state index contributed by atoms with van der Waals surface area (Å²) in [6.07, 6.45) is 3.74. The van der Waals surface area contributed by atoms with Crippen molar-refractivity contribution in [1.82, 2.24) is 10.3 Å². The molecule has 0 atom stereocenters. The van der Waals surface area contributed by atoms with E-state index in [2.05, 4.69) is 36.3 Å². The van der Waals surface area contributed by atoms with E-state index in [4.69, 9.17) is 5.73 Å². The van der Waals surface area contributed by atoms with Crippen LogP contribution >= 0.6 is 0 Å². The molecule has 1 aromatic heterocycles. The van der Waals surface area contributed by atoms with Gasteiger partial charge in [0, 0.05) is 36.6 Å². The van der Waals surface area contributed by atoms with Crippen molar-refractivity contribution in [3.8, 4) is 0 Å². The summed E-state index contributed by atoms with van der Waals surface area (Å²) in [7, 11) is 0. The summed E-state index contributed by atoms with van der Waals surface area (Å²) in [6, 6.07) is 12.1. The third kappa shape index (κ3) is 3.80. The van der Waals surface area contributed by atoms with Crippen LogP contribution in [0.25, 0.3) is 0 Å². The van der Waals surface area contributed by atoms with E-state index < -0.39 is 0 Å². The molecule has 1 heterocycles. The zero-order valence-electron chi connectivity index (χ0n) is 11.6. The van der Waals surface area contributed by atoms with Crippen LogP contribution in [0.3, 0.4) is 0 Å². The Kier molecular flexibility index (Phi) is 4.17. The number of rotatable bonds is 5. The highest BCUT2D eigenvalue weighted by atomic mass is 14.9. The van der Waals surface area contributed by atoms with Crippen LogP contribution in [-0.2, 0) is 12.0 Å². The highest BCUT2D eigenvalue weighted by molar-refractivity contribution is 5.40. The molecule has 0 aliphatic heterocycles. The summed E-state index contributed by atoms with van der Waals surface area (Å²) in [5.74, 6) is 0. The standard InChI is InChI=1S/C16H21N3/c1-16(2,14-6-4-8-18-11-14)12-19-10-13-5-3-7-15(17)9-13/h3-9,11,19H,10,12,17H2,1-2H3. The number of benzene rings is 1. The Balaban J connectivity index is 1.92. The molecule has 0 radical (unpaired) electrons. The van der Waals surface area contributed by atoms with Crippen molar-refractivity contribution in [1.29, 1.82) is 0 Å². The van der Waals surface area contributed by atoms with Crippen molar-refractivity contribution in [3.63, 3.8) is 0 Å². The molecule has 100 valence electrons. The van der Waals surface area contributed by atoms with Gasteiger partial charge in [-0.05, 0) is 29.3 Å². The van der Waals surface area contributed by atoms with Gasteiger partial charge in [0.1, 0.15) is 0 Å². The van der Waals surface area contributed by atoms with Crippen LogP contribution in [-0.4, -0.2) is 11.5 Å². The number of pyridine rings is 1. The van der Waals surface area contributed by atoms with Crippen LogP contribution in [0, 0.1) is 0 Å². The first-order chi connectivity index (χ1) is 9.08. The molecular formula is C16H21N3. The summed E-state index contributed by atoms with van der Waals surface area (Å²) in [4.78, 5) is 4.18. The fraction of sp³-hybridized carbons (Fsp3) is 0.312. The second kappa shape index (κ2) is 5.85. The van der Waals surface area contributed by atoms with Gasteiger partial charge in [-0.1, -0.05) is 32.0 Å². The highest BCUT2D eigenvalue weighted by Gasteiger charge is 2.19. The quantitative estimate of drug-likeness (QED) is 0.808. The zero-order chi connectivity index (χ0) is 13.7. The average molecular weight is 255 g/mol. The third-order valence-electron chi connectivity index (χ3n) is 3.29. The lowest BCUT2D eigenvalue weighted by Crippen LogP contribution is -2.32. The van der Waals surface area contributed by atoms with Crippen molar-refractivity contribution in [2.75, 3.05) is 12.3 Å². The monoisotopic (exact) mass is 255 g/mol. The van der Waals surface area contributed by atoms with Gasteiger partial charge in [-0.3, -0.25) is 4.98 Å². The lowest BCUT2D eigenvalue weighted by Gasteiger charge is -2.25. The Morgan fingerprint density at radius 3 is 2.74 bits per heavy atom. The SMILES string of the molecule is CC(C)(CNCc1cccc(N)c1)c1cccnc1. The molecule has 3 N–H and O–H groups in total. The summed E-state index contributed by atoms with van der Waals surface area (Å²) in [5.41, 5.74) is 9.10. The Bertz CT molecular complexity index is 521. The molecule has 0 unspecified atom stereocenters. The molecule has 2 rings (SSSR count). The first-order valence-electron chi connectivity index (χ1n) is 6.53. The fourth-order valence-corrected chi connectivity index (χ4v) is 2.09. The predicted molar refractivity (Wildman–Crippen MR) is 79.8 cm³/mol. The number of nitrogens with one attached hydrogen (secondary N) is 1. The van der Waals surface area contributed by atoms with Crippen LogP contribution in [0.5, 0.6) is 0 Å². The lowest BCUT2D eigenvalue weighted by molar-refractivity contribution is 0.467. The maximum absolute atomic E-state index is 5.77. The number of anilines is 1. The van der Waals surface area contributed by atoms with Gasteiger partial charge in [0.15, 0.2) is 0 Å². The Labute approximate surface area is 114 Å². The largest absolute Gasteiger partial charge is 0.399 e. The van der Waals surface area contributed by atoms with Crippen molar-refractivity contribution in [2.24, 2.45) is 0 Å². The van der Waals surface area contributed by atoms with Crippen LogP contribution in [0.2, 0.25) is 0 Å². The van der Waals surface area contributed by atoms with E-state index in [1.165, 1.54) is 11.1 Å². The van der Waals surface area contributed by atoms with E-state index in [0.29, 0.717) is 0 Å². The smallest absolute Gasteiger partial charge is 0.0317 e. The van der Waals surface area contributed by atoms with E-state index in [0.717, 1.165) is 18.8 Å². The van der Waals surface area contributed by atoms with E-state index in [-0.39, 0.29) is 5.41 Å². The highest BCUT2D eigenvalue weighted by Crippen LogP contribution is 2.21. The van der Waals surface area contributed by atoms with Gasteiger partial charge in [0.25, 0.3) is 0 Å². The minimum absolute atomic E-state index is 0.0641. The number of aromatic nitrogens is 1. The normalized spacial score (nSPS) is 11.5. The number of hydrogen-bond donors (Lipinski definition) is 2. The molecule has 1 aromatic carbocycles. The van der Waals surface area contributed by atoms with E-state index in [1.807, 2.05) is 30.5 Å². The van der Waals surface area contributed by atoms with Gasteiger partial charge in [-0.15, -0.1) is 0 Å². The van der Waals surface area contributed by atoms with E-state index in [1.54, 1.807) is 6.20 Å². The molecule has 0 aliphatic carbocycles. The molecular weight excluding hydrogens is 234 g/mol. The lowest BCUT2D eigenvalue weighted by atomic mass is 9.85. The van der Waals surface area contributed by atoms with Gasteiger partial charge in [-0.25, -0.2) is 0 Å². The topological polar surface area (TPSA) is 50.9 Å². The van der Waals surface area contributed by atoms with Crippen molar-refractivity contribution < 1.29 is 0 Å². The number of nitrogens with two attached hydrogens (primary N) is 1. The van der Waals surface area contributed by atoms with E-state index in [9.17, 15) is 0 Å². The molecule has 0 saturated carbocycles. The molecule has 19 heavy (non-hydrogen) atoms. The Morgan fingerprint density at radius 1 is 1.21 bits per heavy atom. The molecule has 0 aliphatic rings.